The number of ether oxygens (including phenoxy) is 1. The van der Waals surface area contributed by atoms with Crippen molar-refractivity contribution in [2.75, 3.05) is 6.54 Å². The Bertz CT molecular complexity index is 1000. The molecular weight excluding hydrogens is 450 g/mol. The fourth-order valence-corrected chi connectivity index (χ4v) is 4.18. The summed E-state index contributed by atoms with van der Waals surface area (Å²) >= 11 is 0. The van der Waals surface area contributed by atoms with Crippen LogP contribution in [0.15, 0.2) is 91.0 Å². The molecule has 3 aromatic carbocycles. The number of unbranched alkanes of at least 4 members (excludes halogenated alkanes) is 1. The zero-order valence-electron chi connectivity index (χ0n) is 21.4. The number of amides is 2. The van der Waals surface area contributed by atoms with E-state index in [9.17, 15) is 9.59 Å². The van der Waals surface area contributed by atoms with Gasteiger partial charge >= 0.3 is 6.09 Å². The molecule has 0 saturated carbocycles. The summed E-state index contributed by atoms with van der Waals surface area (Å²) in [5, 5.41) is 6.05. The van der Waals surface area contributed by atoms with Crippen LogP contribution >= 0.6 is 0 Å². The first-order valence-electron chi connectivity index (χ1n) is 12.4. The highest BCUT2D eigenvalue weighted by atomic mass is 16.6. The van der Waals surface area contributed by atoms with Gasteiger partial charge in [-0.3, -0.25) is 4.79 Å². The van der Waals surface area contributed by atoms with Crippen LogP contribution in [0.25, 0.3) is 0 Å². The number of nitrogens with two attached hydrogens (primary N) is 1. The number of hydrogen-bond acceptors (Lipinski definition) is 4. The van der Waals surface area contributed by atoms with Gasteiger partial charge < -0.3 is 21.1 Å². The third kappa shape index (κ3) is 7.18. The first-order chi connectivity index (χ1) is 17.2. The molecule has 0 fully saturated rings. The third-order valence-corrected chi connectivity index (χ3v) is 5.88. The molecule has 0 radical (unpaired) electrons. The maximum Gasteiger partial charge on any atom is 0.407 e. The second-order valence-electron chi connectivity index (χ2n) is 9.87. The maximum absolute atomic E-state index is 13.5. The smallest absolute Gasteiger partial charge is 0.407 e. The second-order valence-corrected chi connectivity index (χ2v) is 9.87. The minimum Gasteiger partial charge on any atom is -0.444 e. The maximum atomic E-state index is 13.5. The second kappa shape index (κ2) is 12.4. The lowest BCUT2D eigenvalue weighted by molar-refractivity contribution is -0.123. The minimum atomic E-state index is -0.892. The van der Waals surface area contributed by atoms with Gasteiger partial charge in [-0.15, -0.1) is 0 Å². The first kappa shape index (κ1) is 27.0. The van der Waals surface area contributed by atoms with Crippen LogP contribution in [-0.2, 0) is 15.1 Å². The minimum absolute atomic E-state index is 0.230. The SMILES string of the molecule is CC(C)(C)OC(=O)NCCCC[C@H](N)C(=O)NC(c1ccccc1)(c1ccccc1)c1ccccc1. The molecule has 0 heterocycles. The molecule has 3 rings (SSSR count). The summed E-state index contributed by atoms with van der Waals surface area (Å²) in [7, 11) is 0. The average molecular weight is 488 g/mol. The number of nitrogens with one attached hydrogen (secondary N) is 2. The van der Waals surface area contributed by atoms with Crippen LogP contribution in [0.4, 0.5) is 4.79 Å². The molecule has 3 aromatic rings. The Morgan fingerprint density at radius 3 is 1.64 bits per heavy atom. The summed E-state index contributed by atoms with van der Waals surface area (Å²) in [4.78, 5) is 25.3. The Morgan fingerprint density at radius 1 is 0.778 bits per heavy atom. The molecular formula is C30H37N3O3. The van der Waals surface area contributed by atoms with Crippen molar-refractivity contribution in [3.8, 4) is 0 Å². The molecule has 0 aromatic heterocycles. The van der Waals surface area contributed by atoms with E-state index in [0.717, 1.165) is 16.7 Å². The highest BCUT2D eigenvalue weighted by molar-refractivity contribution is 5.84. The molecule has 36 heavy (non-hydrogen) atoms. The topological polar surface area (TPSA) is 93.4 Å². The number of carbonyl (C=O) groups excluding carboxylic acids is 2. The molecule has 0 aliphatic carbocycles. The van der Waals surface area contributed by atoms with Crippen molar-refractivity contribution in [1.82, 2.24) is 10.6 Å². The van der Waals surface area contributed by atoms with E-state index >= 15 is 0 Å². The fraction of sp³-hybridized carbons (Fsp3) is 0.333. The summed E-state index contributed by atoms with van der Waals surface area (Å²) in [6.45, 7) is 5.94. The lowest BCUT2D eigenvalue weighted by Crippen LogP contribution is -2.53. The van der Waals surface area contributed by atoms with Gasteiger partial charge in [-0.1, -0.05) is 91.0 Å². The van der Waals surface area contributed by atoms with E-state index in [1.807, 2.05) is 112 Å². The molecule has 0 bridgehead atoms. The molecule has 0 aliphatic rings. The number of rotatable bonds is 10. The Labute approximate surface area is 214 Å². The van der Waals surface area contributed by atoms with Gasteiger partial charge in [0.25, 0.3) is 0 Å². The highest BCUT2D eigenvalue weighted by Gasteiger charge is 2.38. The van der Waals surface area contributed by atoms with Gasteiger partial charge in [0.1, 0.15) is 11.1 Å². The van der Waals surface area contributed by atoms with E-state index in [-0.39, 0.29) is 5.91 Å². The van der Waals surface area contributed by atoms with Crippen molar-refractivity contribution in [2.24, 2.45) is 5.73 Å². The van der Waals surface area contributed by atoms with E-state index in [1.54, 1.807) is 0 Å². The molecule has 6 heteroatoms. The summed E-state index contributed by atoms with van der Waals surface area (Å²) in [6.07, 6.45) is 1.44. The molecule has 0 unspecified atom stereocenters. The molecule has 0 spiro atoms. The van der Waals surface area contributed by atoms with Crippen LogP contribution in [0.1, 0.15) is 56.7 Å². The van der Waals surface area contributed by atoms with Crippen LogP contribution in [0.2, 0.25) is 0 Å². The van der Waals surface area contributed by atoms with E-state index in [4.69, 9.17) is 10.5 Å². The zero-order valence-corrected chi connectivity index (χ0v) is 21.4. The van der Waals surface area contributed by atoms with Crippen molar-refractivity contribution < 1.29 is 14.3 Å². The highest BCUT2D eigenvalue weighted by Crippen LogP contribution is 2.36. The van der Waals surface area contributed by atoms with Crippen LogP contribution in [0.3, 0.4) is 0 Å². The standard InChI is InChI=1S/C30H37N3O3/c1-29(2,3)36-28(35)32-22-14-13-21-26(31)27(34)33-30(23-15-7-4-8-16-23,24-17-9-5-10-18-24)25-19-11-6-12-20-25/h4-12,15-20,26H,13-14,21-22,31H2,1-3H3,(H,32,35)(H,33,34)/t26-/m0/s1. The van der Waals surface area contributed by atoms with Crippen LogP contribution in [-0.4, -0.2) is 30.2 Å². The van der Waals surface area contributed by atoms with Crippen molar-refractivity contribution in [3.05, 3.63) is 108 Å². The Kier molecular flexibility index (Phi) is 9.25. The predicted octanol–water partition coefficient (Wildman–Crippen LogP) is 5.12. The van der Waals surface area contributed by atoms with Crippen molar-refractivity contribution in [3.63, 3.8) is 0 Å². The molecule has 2 amide bonds. The lowest BCUT2D eigenvalue weighted by atomic mass is 9.76. The van der Waals surface area contributed by atoms with Crippen molar-refractivity contribution in [1.29, 1.82) is 0 Å². The van der Waals surface area contributed by atoms with Gasteiger partial charge in [0, 0.05) is 6.54 Å². The fourth-order valence-electron chi connectivity index (χ4n) is 4.18. The number of alkyl carbamates (subject to hydrolysis) is 1. The number of benzene rings is 3. The summed E-state index contributed by atoms with van der Waals surface area (Å²) < 4.78 is 5.25. The van der Waals surface area contributed by atoms with E-state index in [0.29, 0.717) is 25.8 Å². The van der Waals surface area contributed by atoms with Crippen LogP contribution < -0.4 is 16.4 Å². The van der Waals surface area contributed by atoms with Crippen LogP contribution in [0, 0.1) is 0 Å². The zero-order chi connectivity index (χ0) is 26.0. The Hall–Kier alpha value is -3.64. The van der Waals surface area contributed by atoms with E-state index < -0.39 is 23.3 Å². The molecule has 1 atom stereocenters. The van der Waals surface area contributed by atoms with Gasteiger partial charge in [0.15, 0.2) is 0 Å². The van der Waals surface area contributed by atoms with Gasteiger partial charge in [-0.2, -0.15) is 0 Å². The quantitative estimate of drug-likeness (QED) is 0.273. The van der Waals surface area contributed by atoms with Gasteiger partial charge in [0.2, 0.25) is 5.91 Å². The van der Waals surface area contributed by atoms with Gasteiger partial charge in [0.05, 0.1) is 6.04 Å². The lowest BCUT2D eigenvalue weighted by Gasteiger charge is -2.37. The number of hydrogen-bond donors (Lipinski definition) is 3. The van der Waals surface area contributed by atoms with Crippen molar-refractivity contribution >= 4 is 12.0 Å². The van der Waals surface area contributed by atoms with E-state index in [1.165, 1.54) is 0 Å². The Balaban J connectivity index is 1.74. The molecule has 6 nitrogen and oxygen atoms in total. The summed E-state index contributed by atoms with van der Waals surface area (Å²) in [6, 6.07) is 29.2. The summed E-state index contributed by atoms with van der Waals surface area (Å²) in [5.41, 5.74) is 7.78. The van der Waals surface area contributed by atoms with Gasteiger partial charge in [-0.25, -0.2) is 4.79 Å². The van der Waals surface area contributed by atoms with Crippen LogP contribution in [0.5, 0.6) is 0 Å². The molecule has 0 aliphatic heterocycles. The van der Waals surface area contributed by atoms with E-state index in [2.05, 4.69) is 10.6 Å². The molecule has 0 saturated heterocycles. The number of carbonyl (C=O) groups is 2. The molecule has 4 N–H and O–H groups in total. The largest absolute Gasteiger partial charge is 0.444 e. The Morgan fingerprint density at radius 2 is 1.22 bits per heavy atom. The first-order valence-corrected chi connectivity index (χ1v) is 12.4. The normalized spacial score (nSPS) is 12.4. The summed E-state index contributed by atoms with van der Waals surface area (Å²) in [5.74, 6) is -0.230. The third-order valence-electron chi connectivity index (χ3n) is 5.88. The predicted molar refractivity (Wildman–Crippen MR) is 143 cm³/mol. The average Bonchev–Trinajstić information content (AvgIpc) is 2.87. The molecule has 190 valence electrons. The monoisotopic (exact) mass is 487 g/mol. The van der Waals surface area contributed by atoms with Gasteiger partial charge in [-0.05, 0) is 56.7 Å². The van der Waals surface area contributed by atoms with Crippen molar-refractivity contribution in [2.45, 2.75) is 57.2 Å².